The molecule has 0 amide bonds. The Bertz CT molecular complexity index is 377. The summed E-state index contributed by atoms with van der Waals surface area (Å²) >= 11 is 0. The minimum absolute atomic E-state index is 0.0901. The second-order valence-electron chi connectivity index (χ2n) is 6.77. The molecule has 0 aliphatic rings. The van der Waals surface area contributed by atoms with Gasteiger partial charge < -0.3 is 10.4 Å². The summed E-state index contributed by atoms with van der Waals surface area (Å²) in [7, 11) is 0. The van der Waals surface area contributed by atoms with Crippen LogP contribution in [0.15, 0.2) is 24.3 Å². The number of nitrogens with one attached hydrogen (secondary N) is 1. The highest BCUT2D eigenvalue weighted by molar-refractivity contribution is 5.29. The third kappa shape index (κ3) is 5.26. The quantitative estimate of drug-likeness (QED) is 0.733. The van der Waals surface area contributed by atoms with E-state index >= 15 is 0 Å². The monoisotopic (exact) mass is 277 g/mol. The molecule has 0 aliphatic heterocycles. The first kappa shape index (κ1) is 17.2. The van der Waals surface area contributed by atoms with E-state index in [1.54, 1.807) is 0 Å². The normalized spacial score (nSPS) is 15.1. The van der Waals surface area contributed by atoms with E-state index < -0.39 is 6.10 Å². The van der Waals surface area contributed by atoms with Crippen LogP contribution in [0.1, 0.15) is 71.1 Å². The Morgan fingerprint density at radius 1 is 1.10 bits per heavy atom. The summed E-state index contributed by atoms with van der Waals surface area (Å²) in [5.41, 5.74) is 2.46. The fourth-order valence-corrected chi connectivity index (χ4v) is 2.29. The lowest BCUT2D eigenvalue weighted by Gasteiger charge is -2.23. The van der Waals surface area contributed by atoms with Crippen LogP contribution in [0.4, 0.5) is 0 Å². The van der Waals surface area contributed by atoms with E-state index in [2.05, 4.69) is 57.3 Å². The highest BCUT2D eigenvalue weighted by Crippen LogP contribution is 2.24. The molecule has 2 N–H and O–H groups in total. The Balaban J connectivity index is 2.56. The third-order valence-corrected chi connectivity index (χ3v) is 3.84. The predicted molar refractivity (Wildman–Crippen MR) is 87.1 cm³/mol. The van der Waals surface area contributed by atoms with Crippen molar-refractivity contribution < 1.29 is 5.11 Å². The maximum Gasteiger partial charge on any atom is 0.0940 e. The number of rotatable bonds is 7. The smallest absolute Gasteiger partial charge is 0.0940 e. The van der Waals surface area contributed by atoms with Gasteiger partial charge in [-0.15, -0.1) is 0 Å². The minimum Gasteiger partial charge on any atom is -0.387 e. The van der Waals surface area contributed by atoms with Gasteiger partial charge in [0.1, 0.15) is 0 Å². The zero-order valence-corrected chi connectivity index (χ0v) is 13.7. The van der Waals surface area contributed by atoms with Crippen molar-refractivity contribution in [3.8, 4) is 0 Å². The molecule has 0 bridgehead atoms. The molecule has 0 saturated heterocycles. The van der Waals surface area contributed by atoms with Gasteiger partial charge in [-0.1, -0.05) is 64.8 Å². The molecule has 1 aromatic rings. The van der Waals surface area contributed by atoms with Crippen molar-refractivity contribution in [3.05, 3.63) is 35.4 Å². The van der Waals surface area contributed by atoms with Gasteiger partial charge in [0.05, 0.1) is 6.10 Å². The number of hydrogen-bond acceptors (Lipinski definition) is 2. The molecule has 0 fully saturated rings. The first-order valence-electron chi connectivity index (χ1n) is 7.88. The van der Waals surface area contributed by atoms with Gasteiger partial charge in [0.2, 0.25) is 0 Å². The Kier molecular flexibility index (Phi) is 6.70. The number of benzene rings is 1. The van der Waals surface area contributed by atoms with Crippen molar-refractivity contribution >= 4 is 0 Å². The van der Waals surface area contributed by atoms with E-state index in [-0.39, 0.29) is 11.5 Å². The maximum absolute atomic E-state index is 10.4. The SMILES string of the molecule is CCCCCNC(C)C(O)c1ccc(C(C)(C)C)cc1. The van der Waals surface area contributed by atoms with E-state index in [0.29, 0.717) is 0 Å². The van der Waals surface area contributed by atoms with Gasteiger partial charge in [-0.05, 0) is 36.4 Å². The van der Waals surface area contributed by atoms with Crippen LogP contribution < -0.4 is 5.32 Å². The fraction of sp³-hybridized carbons (Fsp3) is 0.667. The van der Waals surface area contributed by atoms with E-state index in [9.17, 15) is 5.11 Å². The molecule has 0 heterocycles. The van der Waals surface area contributed by atoms with E-state index in [1.165, 1.54) is 24.8 Å². The molecule has 2 heteroatoms. The number of hydrogen-bond donors (Lipinski definition) is 2. The maximum atomic E-state index is 10.4. The number of aliphatic hydroxyl groups excluding tert-OH is 1. The van der Waals surface area contributed by atoms with Crippen LogP contribution in [0.2, 0.25) is 0 Å². The minimum atomic E-state index is -0.439. The molecule has 20 heavy (non-hydrogen) atoms. The second kappa shape index (κ2) is 7.80. The van der Waals surface area contributed by atoms with Crippen LogP contribution in [0.25, 0.3) is 0 Å². The van der Waals surface area contributed by atoms with Crippen molar-refractivity contribution in [1.82, 2.24) is 5.32 Å². The largest absolute Gasteiger partial charge is 0.387 e. The van der Waals surface area contributed by atoms with Crippen molar-refractivity contribution in [1.29, 1.82) is 0 Å². The summed E-state index contributed by atoms with van der Waals surface area (Å²) in [6, 6.07) is 8.45. The highest BCUT2D eigenvalue weighted by atomic mass is 16.3. The molecule has 114 valence electrons. The lowest BCUT2D eigenvalue weighted by molar-refractivity contribution is 0.136. The fourth-order valence-electron chi connectivity index (χ4n) is 2.29. The van der Waals surface area contributed by atoms with Gasteiger partial charge in [-0.25, -0.2) is 0 Å². The summed E-state index contributed by atoms with van der Waals surface area (Å²) in [6.07, 6.45) is 3.21. The van der Waals surface area contributed by atoms with Gasteiger partial charge in [-0.2, -0.15) is 0 Å². The molecule has 1 rings (SSSR count). The first-order valence-corrected chi connectivity index (χ1v) is 7.88. The molecule has 2 atom stereocenters. The van der Waals surface area contributed by atoms with Crippen molar-refractivity contribution in [2.45, 2.75) is 71.4 Å². The van der Waals surface area contributed by atoms with Crippen molar-refractivity contribution in [2.24, 2.45) is 0 Å². The van der Waals surface area contributed by atoms with Crippen LogP contribution in [0, 0.1) is 0 Å². The number of unbranched alkanes of at least 4 members (excludes halogenated alkanes) is 2. The Hall–Kier alpha value is -0.860. The lowest BCUT2D eigenvalue weighted by Crippen LogP contribution is -2.32. The summed E-state index contributed by atoms with van der Waals surface area (Å²) < 4.78 is 0. The Morgan fingerprint density at radius 2 is 1.70 bits per heavy atom. The molecule has 1 aromatic carbocycles. The number of aliphatic hydroxyl groups is 1. The molecule has 0 aliphatic carbocycles. The predicted octanol–water partition coefficient (Wildman–Crippen LogP) is 4.19. The van der Waals surface area contributed by atoms with E-state index in [0.717, 1.165) is 12.1 Å². The van der Waals surface area contributed by atoms with Gasteiger partial charge in [0.25, 0.3) is 0 Å². The average molecular weight is 277 g/mol. The molecule has 2 unspecified atom stereocenters. The van der Waals surface area contributed by atoms with E-state index in [1.807, 2.05) is 6.92 Å². The summed E-state index contributed by atoms with van der Waals surface area (Å²) in [6.45, 7) is 11.8. The van der Waals surface area contributed by atoms with Gasteiger partial charge in [0, 0.05) is 6.04 Å². The molecule has 0 aromatic heterocycles. The summed E-state index contributed by atoms with van der Waals surface area (Å²) in [4.78, 5) is 0. The van der Waals surface area contributed by atoms with Crippen LogP contribution in [-0.2, 0) is 5.41 Å². The van der Waals surface area contributed by atoms with Gasteiger partial charge in [0.15, 0.2) is 0 Å². The lowest BCUT2D eigenvalue weighted by atomic mass is 9.86. The average Bonchev–Trinajstić information content (AvgIpc) is 2.41. The van der Waals surface area contributed by atoms with Crippen LogP contribution in [0.5, 0.6) is 0 Å². The Labute approximate surface area is 124 Å². The zero-order chi connectivity index (χ0) is 15.2. The zero-order valence-electron chi connectivity index (χ0n) is 13.7. The summed E-state index contributed by atoms with van der Waals surface area (Å²) in [5.74, 6) is 0. The molecular formula is C18H31NO. The Morgan fingerprint density at radius 3 is 2.20 bits per heavy atom. The van der Waals surface area contributed by atoms with Crippen molar-refractivity contribution in [3.63, 3.8) is 0 Å². The second-order valence-corrected chi connectivity index (χ2v) is 6.77. The molecule has 0 spiro atoms. The summed E-state index contributed by atoms with van der Waals surface area (Å²) in [5, 5.41) is 13.8. The van der Waals surface area contributed by atoms with Crippen LogP contribution in [-0.4, -0.2) is 17.7 Å². The molecule has 0 radical (unpaired) electrons. The molecule has 0 saturated carbocycles. The molecule has 2 nitrogen and oxygen atoms in total. The first-order chi connectivity index (χ1) is 9.36. The van der Waals surface area contributed by atoms with E-state index in [4.69, 9.17) is 0 Å². The van der Waals surface area contributed by atoms with Crippen LogP contribution >= 0.6 is 0 Å². The van der Waals surface area contributed by atoms with Crippen LogP contribution in [0.3, 0.4) is 0 Å². The van der Waals surface area contributed by atoms with Crippen molar-refractivity contribution in [2.75, 3.05) is 6.54 Å². The van der Waals surface area contributed by atoms with Gasteiger partial charge >= 0.3 is 0 Å². The molecular weight excluding hydrogens is 246 g/mol. The topological polar surface area (TPSA) is 32.3 Å². The third-order valence-electron chi connectivity index (χ3n) is 3.84. The highest BCUT2D eigenvalue weighted by Gasteiger charge is 2.17. The standard InChI is InChI=1S/C18H31NO/c1-6-7-8-13-19-14(2)17(20)15-9-11-16(12-10-15)18(3,4)5/h9-12,14,17,19-20H,6-8,13H2,1-5H3. The van der Waals surface area contributed by atoms with Gasteiger partial charge in [-0.3, -0.25) is 0 Å².